The molecule has 1 saturated heterocycles. The van der Waals surface area contributed by atoms with Crippen molar-refractivity contribution in [2.24, 2.45) is 0 Å². The molecule has 32 heavy (non-hydrogen) atoms. The van der Waals surface area contributed by atoms with Crippen molar-refractivity contribution in [2.45, 2.75) is 50.4 Å². The second kappa shape index (κ2) is 10.3. The van der Waals surface area contributed by atoms with E-state index in [1.54, 1.807) is 12.1 Å². The van der Waals surface area contributed by atoms with E-state index in [2.05, 4.69) is 29.4 Å². The highest BCUT2D eigenvalue weighted by molar-refractivity contribution is 7.99. The Bertz CT molecular complexity index is 1040. The fourth-order valence-corrected chi connectivity index (χ4v) is 4.39. The lowest BCUT2D eigenvalue weighted by molar-refractivity contribution is -0.113. The number of carbonyl (C=O) groups is 1. The van der Waals surface area contributed by atoms with Gasteiger partial charge in [-0.1, -0.05) is 37.7 Å². The monoisotopic (exact) mass is 454 g/mol. The molecule has 0 spiro atoms. The Morgan fingerprint density at radius 1 is 1.19 bits per heavy atom. The van der Waals surface area contributed by atoms with Gasteiger partial charge in [-0.15, -0.1) is 10.2 Å². The van der Waals surface area contributed by atoms with Crippen LogP contribution in [0.1, 0.15) is 38.2 Å². The number of amides is 1. The molecule has 168 valence electrons. The van der Waals surface area contributed by atoms with E-state index in [1.807, 2.05) is 28.8 Å². The van der Waals surface area contributed by atoms with Gasteiger partial charge in [0.15, 0.2) is 11.0 Å². The number of rotatable bonds is 8. The SMILES string of the molecule is CC(C)c1ccc(NC(=O)CSc2nnc(-c3ccc(F)cc3)n2C[C@@H]2CCCO2)cc1. The van der Waals surface area contributed by atoms with Crippen LogP contribution in [-0.2, 0) is 16.1 Å². The Balaban J connectivity index is 1.46. The molecule has 1 atom stereocenters. The highest BCUT2D eigenvalue weighted by Gasteiger charge is 2.22. The van der Waals surface area contributed by atoms with E-state index < -0.39 is 0 Å². The standard InChI is InChI=1S/C24H27FN4O2S/c1-16(2)17-7-11-20(12-8-17)26-22(30)15-32-24-28-27-23(18-5-9-19(25)10-6-18)29(24)14-21-4-3-13-31-21/h5-12,16,21H,3-4,13-15H2,1-2H3,(H,26,30)/t21-/m0/s1. The maximum absolute atomic E-state index is 13.4. The van der Waals surface area contributed by atoms with Gasteiger partial charge in [-0.2, -0.15) is 0 Å². The third-order valence-electron chi connectivity index (χ3n) is 5.42. The van der Waals surface area contributed by atoms with Crippen molar-refractivity contribution in [3.63, 3.8) is 0 Å². The third-order valence-corrected chi connectivity index (χ3v) is 6.39. The van der Waals surface area contributed by atoms with Gasteiger partial charge in [0.25, 0.3) is 0 Å². The Labute approximate surface area is 191 Å². The second-order valence-electron chi connectivity index (χ2n) is 8.17. The van der Waals surface area contributed by atoms with Crippen molar-refractivity contribution in [1.29, 1.82) is 0 Å². The quantitative estimate of drug-likeness (QED) is 0.479. The smallest absolute Gasteiger partial charge is 0.234 e. The van der Waals surface area contributed by atoms with Gasteiger partial charge < -0.3 is 10.1 Å². The molecule has 0 saturated carbocycles. The molecule has 6 nitrogen and oxygen atoms in total. The fraction of sp³-hybridized carbons (Fsp3) is 0.375. The number of nitrogens with zero attached hydrogens (tertiary/aromatic N) is 3. The minimum absolute atomic E-state index is 0.0813. The van der Waals surface area contributed by atoms with E-state index >= 15 is 0 Å². The summed E-state index contributed by atoms with van der Waals surface area (Å²) in [5.74, 6) is 0.890. The van der Waals surface area contributed by atoms with Crippen LogP contribution >= 0.6 is 11.8 Å². The van der Waals surface area contributed by atoms with Crippen LogP contribution < -0.4 is 5.32 Å². The molecule has 1 amide bonds. The summed E-state index contributed by atoms with van der Waals surface area (Å²) in [5.41, 5.74) is 2.78. The minimum Gasteiger partial charge on any atom is -0.376 e. The Morgan fingerprint density at radius 3 is 2.59 bits per heavy atom. The van der Waals surface area contributed by atoms with Crippen molar-refractivity contribution in [2.75, 3.05) is 17.7 Å². The molecule has 8 heteroatoms. The predicted octanol–water partition coefficient (Wildman–Crippen LogP) is 5.12. The van der Waals surface area contributed by atoms with Crippen LogP contribution in [0.4, 0.5) is 10.1 Å². The molecule has 1 aliphatic heterocycles. The maximum atomic E-state index is 13.4. The van der Waals surface area contributed by atoms with E-state index in [4.69, 9.17) is 4.74 Å². The highest BCUT2D eigenvalue weighted by Crippen LogP contribution is 2.27. The first-order valence-corrected chi connectivity index (χ1v) is 11.8. The molecule has 0 bridgehead atoms. The lowest BCUT2D eigenvalue weighted by atomic mass is 10.0. The zero-order valence-electron chi connectivity index (χ0n) is 18.3. The number of carbonyl (C=O) groups excluding carboxylic acids is 1. The number of ether oxygens (including phenoxy) is 1. The van der Waals surface area contributed by atoms with Crippen molar-refractivity contribution in [3.8, 4) is 11.4 Å². The Hall–Kier alpha value is -2.71. The number of benzene rings is 2. The molecule has 0 aliphatic carbocycles. The first-order chi connectivity index (χ1) is 15.5. The zero-order chi connectivity index (χ0) is 22.5. The Kier molecular flexibility index (Phi) is 7.22. The number of anilines is 1. The molecule has 1 aromatic heterocycles. The number of aromatic nitrogens is 3. The maximum Gasteiger partial charge on any atom is 0.234 e. The van der Waals surface area contributed by atoms with Crippen molar-refractivity contribution in [3.05, 3.63) is 59.9 Å². The lowest BCUT2D eigenvalue weighted by Crippen LogP contribution is -2.18. The molecular formula is C24H27FN4O2S. The predicted molar refractivity (Wildman–Crippen MR) is 124 cm³/mol. The summed E-state index contributed by atoms with van der Waals surface area (Å²) in [6.07, 6.45) is 2.08. The van der Waals surface area contributed by atoms with E-state index in [-0.39, 0.29) is 23.6 Å². The van der Waals surface area contributed by atoms with E-state index in [1.165, 1.54) is 29.5 Å². The third kappa shape index (κ3) is 5.55. The first kappa shape index (κ1) is 22.5. The number of halogens is 1. The molecule has 4 rings (SSSR count). The van der Waals surface area contributed by atoms with Crippen LogP contribution in [0, 0.1) is 5.82 Å². The van der Waals surface area contributed by atoms with Crippen molar-refractivity contribution >= 4 is 23.4 Å². The summed E-state index contributed by atoms with van der Waals surface area (Å²) in [7, 11) is 0. The van der Waals surface area contributed by atoms with Crippen molar-refractivity contribution in [1.82, 2.24) is 14.8 Å². The number of hydrogen-bond donors (Lipinski definition) is 1. The van der Waals surface area contributed by atoms with Crippen LogP contribution in [-0.4, -0.2) is 39.1 Å². The fourth-order valence-electron chi connectivity index (χ4n) is 3.64. The summed E-state index contributed by atoms with van der Waals surface area (Å²) in [6.45, 7) is 5.62. The van der Waals surface area contributed by atoms with Crippen LogP contribution in [0.5, 0.6) is 0 Å². The van der Waals surface area contributed by atoms with Crippen LogP contribution in [0.25, 0.3) is 11.4 Å². The summed E-state index contributed by atoms with van der Waals surface area (Å²) in [5, 5.41) is 12.2. The zero-order valence-corrected chi connectivity index (χ0v) is 19.1. The number of hydrogen-bond acceptors (Lipinski definition) is 5. The lowest BCUT2D eigenvalue weighted by Gasteiger charge is -2.15. The normalized spacial score (nSPS) is 15.9. The largest absolute Gasteiger partial charge is 0.376 e. The van der Waals surface area contributed by atoms with Gasteiger partial charge >= 0.3 is 0 Å². The van der Waals surface area contributed by atoms with Gasteiger partial charge in [-0.05, 0) is 60.7 Å². The van der Waals surface area contributed by atoms with E-state index in [9.17, 15) is 9.18 Å². The average Bonchev–Trinajstić information content (AvgIpc) is 3.44. The van der Waals surface area contributed by atoms with Gasteiger partial charge in [-0.25, -0.2) is 4.39 Å². The van der Waals surface area contributed by atoms with Crippen LogP contribution in [0.3, 0.4) is 0 Å². The highest BCUT2D eigenvalue weighted by atomic mass is 32.2. The summed E-state index contributed by atoms with van der Waals surface area (Å²) in [4.78, 5) is 12.5. The molecule has 0 radical (unpaired) electrons. The summed E-state index contributed by atoms with van der Waals surface area (Å²) >= 11 is 1.33. The van der Waals surface area contributed by atoms with E-state index in [0.717, 1.165) is 30.7 Å². The minimum atomic E-state index is -0.299. The molecule has 0 unspecified atom stereocenters. The molecule has 2 heterocycles. The van der Waals surface area contributed by atoms with Crippen LogP contribution in [0.2, 0.25) is 0 Å². The number of thioether (sulfide) groups is 1. The van der Waals surface area contributed by atoms with E-state index in [0.29, 0.717) is 23.4 Å². The Morgan fingerprint density at radius 2 is 1.94 bits per heavy atom. The molecule has 3 aromatic rings. The van der Waals surface area contributed by atoms with Gasteiger partial charge in [-0.3, -0.25) is 9.36 Å². The molecule has 1 fully saturated rings. The van der Waals surface area contributed by atoms with Gasteiger partial charge in [0.2, 0.25) is 5.91 Å². The van der Waals surface area contributed by atoms with Gasteiger partial charge in [0.05, 0.1) is 18.4 Å². The van der Waals surface area contributed by atoms with Crippen LogP contribution in [0.15, 0.2) is 53.7 Å². The van der Waals surface area contributed by atoms with Crippen molar-refractivity contribution < 1.29 is 13.9 Å². The van der Waals surface area contributed by atoms with Gasteiger partial charge in [0, 0.05) is 17.9 Å². The van der Waals surface area contributed by atoms with Gasteiger partial charge in [0.1, 0.15) is 5.82 Å². The first-order valence-electron chi connectivity index (χ1n) is 10.8. The summed E-state index contributed by atoms with van der Waals surface area (Å²) < 4.78 is 21.1. The second-order valence-corrected chi connectivity index (χ2v) is 9.11. The molecular weight excluding hydrogens is 427 g/mol. The topological polar surface area (TPSA) is 69.0 Å². The molecule has 2 aromatic carbocycles. The molecule has 1 aliphatic rings. The average molecular weight is 455 g/mol. The summed E-state index contributed by atoms with van der Waals surface area (Å²) in [6, 6.07) is 14.1. The number of nitrogens with one attached hydrogen (secondary N) is 1. The molecule has 1 N–H and O–H groups in total.